The summed E-state index contributed by atoms with van der Waals surface area (Å²) >= 11 is 2.46. The van der Waals surface area contributed by atoms with E-state index in [9.17, 15) is 35.1 Å². The molecule has 38 heavy (non-hydrogen) atoms. The van der Waals surface area contributed by atoms with Gasteiger partial charge in [-0.1, -0.05) is 40.6 Å². The highest BCUT2D eigenvalue weighted by Crippen LogP contribution is 2.35. The summed E-state index contributed by atoms with van der Waals surface area (Å²) in [5, 5.41) is 0. The molecule has 0 radical (unpaired) electrons. The van der Waals surface area contributed by atoms with Crippen LogP contribution in [0.3, 0.4) is 0 Å². The highest BCUT2D eigenvalue weighted by atomic mass is 127. The van der Waals surface area contributed by atoms with Crippen LogP contribution in [0.4, 0.5) is 35.1 Å². The first-order chi connectivity index (χ1) is 17.9. The van der Waals surface area contributed by atoms with Gasteiger partial charge in [-0.05, 0) is 91.5 Å². The molecular formula is C29H21F8I. The minimum atomic E-state index is -4.98. The Hall–Kier alpha value is -2.61. The van der Waals surface area contributed by atoms with Crippen LogP contribution in [0.1, 0.15) is 43.2 Å². The molecule has 0 aliphatic heterocycles. The summed E-state index contributed by atoms with van der Waals surface area (Å²) in [7, 11) is 0. The van der Waals surface area contributed by atoms with E-state index in [0.717, 1.165) is 42.9 Å². The highest BCUT2D eigenvalue weighted by Gasteiger charge is 2.24. The molecule has 0 saturated heterocycles. The fraction of sp³-hybridized carbons (Fsp3) is 0.310. The van der Waals surface area contributed by atoms with E-state index in [1.165, 1.54) is 30.9 Å². The third-order valence-corrected chi connectivity index (χ3v) is 7.91. The monoisotopic (exact) mass is 648 g/mol. The molecule has 1 saturated carbocycles. The molecule has 0 nitrogen and oxygen atoms in total. The first kappa shape index (κ1) is 28.4. The van der Waals surface area contributed by atoms with Crippen LogP contribution < -0.4 is 0 Å². The van der Waals surface area contributed by atoms with E-state index in [1.807, 2.05) is 0 Å². The minimum Gasteiger partial charge on any atom is -0.206 e. The molecule has 1 aliphatic carbocycles. The third-order valence-electron chi connectivity index (χ3n) is 6.66. The van der Waals surface area contributed by atoms with Gasteiger partial charge in [-0.3, -0.25) is 0 Å². The van der Waals surface area contributed by atoms with Crippen molar-refractivity contribution in [2.24, 2.45) is 5.92 Å². The van der Waals surface area contributed by atoms with Gasteiger partial charge in [0.25, 0.3) is 0 Å². The van der Waals surface area contributed by atoms with Crippen molar-refractivity contribution in [3.05, 3.63) is 82.7 Å². The van der Waals surface area contributed by atoms with Crippen molar-refractivity contribution in [3.63, 3.8) is 0 Å². The van der Waals surface area contributed by atoms with E-state index in [0.29, 0.717) is 28.4 Å². The van der Waals surface area contributed by atoms with Crippen molar-refractivity contribution in [2.75, 3.05) is 0 Å². The molecular weight excluding hydrogens is 627 g/mol. The average Bonchev–Trinajstić information content (AvgIpc) is 2.82. The van der Waals surface area contributed by atoms with Crippen LogP contribution >= 0.6 is 22.6 Å². The number of hydrogen-bond acceptors (Lipinski definition) is 0. The summed E-state index contributed by atoms with van der Waals surface area (Å²) < 4.78 is 111. The molecule has 0 aromatic heterocycles. The predicted molar refractivity (Wildman–Crippen MR) is 138 cm³/mol. The predicted octanol–water partition coefficient (Wildman–Crippen LogP) is 9.56. The summed E-state index contributed by atoms with van der Waals surface area (Å²) in [6, 6.07) is 7.15. The molecule has 0 bridgehead atoms. The van der Waals surface area contributed by atoms with E-state index in [1.54, 1.807) is 6.07 Å². The lowest BCUT2D eigenvalue weighted by Gasteiger charge is -2.25. The van der Waals surface area contributed by atoms with E-state index >= 15 is 0 Å². The second kappa shape index (κ2) is 11.6. The van der Waals surface area contributed by atoms with Crippen molar-refractivity contribution in [1.82, 2.24) is 0 Å². The number of benzene rings is 3. The zero-order valence-electron chi connectivity index (χ0n) is 19.8. The molecule has 1 fully saturated rings. The smallest absolute Gasteiger partial charge is 0.206 e. The molecule has 0 heterocycles. The molecule has 0 atom stereocenters. The number of alkyl halides is 4. The molecule has 0 N–H and O–H groups in total. The Morgan fingerprint density at radius 3 is 1.87 bits per heavy atom. The Kier molecular flexibility index (Phi) is 8.70. The van der Waals surface area contributed by atoms with E-state index < -0.39 is 52.0 Å². The lowest BCUT2D eigenvalue weighted by molar-refractivity contribution is -0.0696. The molecule has 4 rings (SSSR count). The van der Waals surface area contributed by atoms with Crippen molar-refractivity contribution in [1.29, 1.82) is 0 Å². The number of halogens is 9. The van der Waals surface area contributed by atoms with Crippen LogP contribution in [0.2, 0.25) is 0 Å². The Balaban J connectivity index is 1.57. The van der Waals surface area contributed by atoms with Gasteiger partial charge in [-0.25, -0.2) is 22.0 Å². The molecule has 0 unspecified atom stereocenters. The lowest BCUT2D eigenvalue weighted by Crippen LogP contribution is -2.14. The lowest BCUT2D eigenvalue weighted by atomic mass is 9.85. The maximum Gasteiger partial charge on any atom is 0.458 e. The highest BCUT2D eigenvalue weighted by molar-refractivity contribution is 14.1. The van der Waals surface area contributed by atoms with Crippen molar-refractivity contribution >= 4 is 22.6 Å². The zero-order valence-corrected chi connectivity index (χ0v) is 22.0. The Labute approximate surface area is 228 Å². The SMILES string of the molecule is Fc1cc(CCC2CCC(I)CC2)ccc1-c1cc(F)c(-c2cc(F)c(C#CC(F)(F)F)c(F)c2)c(F)c1. The summed E-state index contributed by atoms with van der Waals surface area (Å²) in [6.45, 7) is 0. The van der Waals surface area contributed by atoms with Crippen molar-refractivity contribution in [3.8, 4) is 34.1 Å². The average molecular weight is 648 g/mol. The first-order valence-corrected chi connectivity index (χ1v) is 13.2. The summed E-state index contributed by atoms with van der Waals surface area (Å²) in [5.41, 5.74) is -1.93. The maximum absolute atomic E-state index is 14.9. The molecule has 3 aromatic rings. The second-order valence-electron chi connectivity index (χ2n) is 9.35. The number of hydrogen-bond donors (Lipinski definition) is 0. The fourth-order valence-corrected chi connectivity index (χ4v) is 5.42. The number of rotatable bonds is 5. The third kappa shape index (κ3) is 6.87. The van der Waals surface area contributed by atoms with Gasteiger partial charge >= 0.3 is 6.18 Å². The number of aryl methyl sites for hydroxylation is 1. The molecule has 200 valence electrons. The molecule has 3 aromatic carbocycles. The van der Waals surface area contributed by atoms with Gasteiger partial charge in [0, 0.05) is 15.4 Å². The first-order valence-electron chi connectivity index (χ1n) is 11.9. The van der Waals surface area contributed by atoms with Crippen LogP contribution in [-0.2, 0) is 6.42 Å². The van der Waals surface area contributed by atoms with Crippen LogP contribution in [0.15, 0.2) is 42.5 Å². The normalized spacial score (nSPS) is 17.7. The van der Waals surface area contributed by atoms with Gasteiger partial charge in [0.15, 0.2) is 0 Å². The van der Waals surface area contributed by atoms with Gasteiger partial charge in [-0.15, -0.1) is 0 Å². The Morgan fingerprint density at radius 2 is 1.32 bits per heavy atom. The summed E-state index contributed by atoms with van der Waals surface area (Å²) in [5.74, 6) is -3.43. The maximum atomic E-state index is 14.9. The van der Waals surface area contributed by atoms with Crippen LogP contribution in [0, 0.1) is 46.8 Å². The van der Waals surface area contributed by atoms with Gasteiger partial charge in [-0.2, -0.15) is 13.2 Å². The van der Waals surface area contributed by atoms with Crippen LogP contribution in [0.25, 0.3) is 22.3 Å². The Morgan fingerprint density at radius 1 is 0.737 bits per heavy atom. The Bertz CT molecular complexity index is 1350. The van der Waals surface area contributed by atoms with Gasteiger partial charge in [0.05, 0.1) is 11.1 Å². The molecule has 1 aliphatic rings. The van der Waals surface area contributed by atoms with Gasteiger partial charge in [0.2, 0.25) is 0 Å². The van der Waals surface area contributed by atoms with Crippen LogP contribution in [0.5, 0.6) is 0 Å². The molecule has 0 spiro atoms. The molecule has 9 heteroatoms. The van der Waals surface area contributed by atoms with E-state index in [-0.39, 0.29) is 11.1 Å². The van der Waals surface area contributed by atoms with Crippen molar-refractivity contribution < 1.29 is 35.1 Å². The summed E-state index contributed by atoms with van der Waals surface area (Å²) in [6.07, 6.45) is 1.31. The van der Waals surface area contributed by atoms with Gasteiger partial charge in [0.1, 0.15) is 29.1 Å². The van der Waals surface area contributed by atoms with Crippen LogP contribution in [-0.4, -0.2) is 10.1 Å². The molecule has 0 amide bonds. The summed E-state index contributed by atoms with van der Waals surface area (Å²) in [4.78, 5) is 0. The van der Waals surface area contributed by atoms with Gasteiger partial charge < -0.3 is 0 Å². The van der Waals surface area contributed by atoms with E-state index in [2.05, 4.69) is 22.6 Å². The topological polar surface area (TPSA) is 0 Å². The minimum absolute atomic E-state index is 0.0429. The standard InChI is InChI=1S/C29H21F8I/c30-23-11-17(2-1-16-3-6-20(38)7-4-16)5-8-21(23)18-12-26(33)28(27(34)13-18)19-14-24(31)22(25(32)15-19)9-10-29(35,36)37/h5,8,11-16,20H,1-4,6-7H2. The zero-order chi connectivity index (χ0) is 27.6. The van der Waals surface area contributed by atoms with Crippen molar-refractivity contribution in [2.45, 2.75) is 48.6 Å². The second-order valence-corrected chi connectivity index (χ2v) is 11.1. The fourth-order valence-electron chi connectivity index (χ4n) is 4.70. The largest absolute Gasteiger partial charge is 0.458 e. The van der Waals surface area contributed by atoms with E-state index in [4.69, 9.17) is 0 Å². The quantitative estimate of drug-likeness (QED) is 0.112.